The molecule has 134 valence electrons. The highest BCUT2D eigenvalue weighted by Crippen LogP contribution is 2.42. The van der Waals surface area contributed by atoms with Crippen molar-refractivity contribution >= 4 is 17.7 Å². The zero-order chi connectivity index (χ0) is 18.5. The van der Waals surface area contributed by atoms with E-state index in [0.717, 1.165) is 0 Å². The Morgan fingerprint density at radius 3 is 2.72 bits per heavy atom. The van der Waals surface area contributed by atoms with Gasteiger partial charge in [0.2, 0.25) is 5.78 Å². The van der Waals surface area contributed by atoms with E-state index < -0.39 is 29.7 Å². The van der Waals surface area contributed by atoms with Gasteiger partial charge >= 0.3 is 11.9 Å². The third kappa shape index (κ3) is 2.90. The number of fused-ring (bicyclic) bond motifs is 3. The van der Waals surface area contributed by atoms with E-state index in [-0.39, 0.29) is 29.7 Å². The fraction of sp³-hybridized carbons (Fsp3) is 0.526. The van der Waals surface area contributed by atoms with Crippen LogP contribution in [0.2, 0.25) is 0 Å². The molecule has 3 heterocycles. The van der Waals surface area contributed by atoms with Crippen molar-refractivity contribution in [3.8, 4) is 0 Å². The Balaban J connectivity index is 2.06. The molecule has 2 bridgehead atoms. The van der Waals surface area contributed by atoms with Gasteiger partial charge in [0.1, 0.15) is 18.0 Å². The van der Waals surface area contributed by atoms with Crippen LogP contribution in [-0.4, -0.2) is 35.5 Å². The van der Waals surface area contributed by atoms with Crippen LogP contribution < -0.4 is 0 Å². The lowest BCUT2D eigenvalue weighted by Crippen LogP contribution is -2.41. The number of rotatable bonds is 2. The zero-order valence-electron chi connectivity index (χ0n) is 14.8. The van der Waals surface area contributed by atoms with E-state index in [2.05, 4.69) is 6.58 Å². The fourth-order valence-corrected chi connectivity index (χ4v) is 3.35. The Labute approximate surface area is 146 Å². The summed E-state index contributed by atoms with van der Waals surface area (Å²) in [5, 5.41) is 0. The summed E-state index contributed by atoms with van der Waals surface area (Å²) in [4.78, 5) is 36.6. The van der Waals surface area contributed by atoms with Crippen LogP contribution in [-0.2, 0) is 28.6 Å². The van der Waals surface area contributed by atoms with Crippen molar-refractivity contribution in [2.24, 2.45) is 11.8 Å². The number of carbonyl (C=O) groups is 3. The Hall–Kier alpha value is -2.37. The first-order valence-corrected chi connectivity index (χ1v) is 8.36. The molecule has 1 saturated heterocycles. The molecule has 0 aromatic heterocycles. The molecule has 0 N–H and O–H groups in total. The number of ether oxygens (including phenoxy) is 3. The molecule has 0 radical (unpaired) electrons. The van der Waals surface area contributed by atoms with Crippen molar-refractivity contribution in [2.75, 3.05) is 0 Å². The van der Waals surface area contributed by atoms with Crippen LogP contribution in [0.25, 0.3) is 0 Å². The Bertz CT molecular complexity index is 728. The highest BCUT2D eigenvalue weighted by molar-refractivity contribution is 6.00. The number of carbonyl (C=O) groups excluding carboxylic acids is 3. The third-order valence-corrected chi connectivity index (χ3v) is 4.91. The van der Waals surface area contributed by atoms with Gasteiger partial charge in [-0.2, -0.15) is 0 Å². The first-order chi connectivity index (χ1) is 11.6. The van der Waals surface area contributed by atoms with Crippen LogP contribution in [0.5, 0.6) is 0 Å². The Morgan fingerprint density at radius 2 is 2.08 bits per heavy atom. The van der Waals surface area contributed by atoms with Gasteiger partial charge in [0, 0.05) is 18.1 Å². The first kappa shape index (κ1) is 17.5. The summed E-state index contributed by atoms with van der Waals surface area (Å²) in [6.45, 7) is 10.8. The molecule has 0 spiro atoms. The van der Waals surface area contributed by atoms with Crippen molar-refractivity contribution in [2.45, 2.75) is 51.9 Å². The van der Waals surface area contributed by atoms with E-state index >= 15 is 0 Å². The maximum atomic E-state index is 12.4. The van der Waals surface area contributed by atoms with Crippen molar-refractivity contribution in [1.29, 1.82) is 0 Å². The maximum Gasteiger partial charge on any atom is 0.334 e. The zero-order valence-corrected chi connectivity index (χ0v) is 14.8. The molecule has 0 aromatic carbocycles. The topological polar surface area (TPSA) is 78.9 Å². The number of ketones is 1. The number of hydrogen-bond acceptors (Lipinski definition) is 6. The van der Waals surface area contributed by atoms with E-state index in [0.29, 0.717) is 11.3 Å². The average molecular weight is 346 g/mol. The van der Waals surface area contributed by atoms with E-state index in [4.69, 9.17) is 14.2 Å². The molecule has 6 nitrogen and oxygen atoms in total. The second kappa shape index (κ2) is 5.86. The van der Waals surface area contributed by atoms with Gasteiger partial charge in [0.05, 0.1) is 11.8 Å². The van der Waals surface area contributed by atoms with Crippen LogP contribution >= 0.6 is 0 Å². The first-order valence-electron chi connectivity index (χ1n) is 8.36. The highest BCUT2D eigenvalue weighted by atomic mass is 16.6. The monoisotopic (exact) mass is 346 g/mol. The molecule has 3 aliphatic rings. The lowest BCUT2D eigenvalue weighted by Gasteiger charge is -2.29. The average Bonchev–Trinajstić information content (AvgIpc) is 2.96. The molecule has 0 saturated carbocycles. The van der Waals surface area contributed by atoms with Crippen LogP contribution in [0.3, 0.4) is 0 Å². The molecule has 0 aromatic rings. The molecule has 25 heavy (non-hydrogen) atoms. The molecule has 3 aliphatic heterocycles. The predicted octanol–water partition coefficient (Wildman–Crippen LogP) is 2.24. The summed E-state index contributed by atoms with van der Waals surface area (Å²) in [6, 6.07) is 0. The molecule has 0 amide bonds. The second-order valence-corrected chi connectivity index (χ2v) is 7.31. The van der Waals surface area contributed by atoms with Crippen molar-refractivity contribution in [3.63, 3.8) is 0 Å². The summed E-state index contributed by atoms with van der Waals surface area (Å²) in [6.07, 6.45) is 1.98. The minimum atomic E-state index is -1.10. The van der Waals surface area contributed by atoms with E-state index in [1.54, 1.807) is 33.8 Å². The molecule has 4 atom stereocenters. The quantitative estimate of drug-likeness (QED) is 0.564. The normalized spacial score (nSPS) is 36.4. The number of allylic oxidation sites excluding steroid dienone is 1. The lowest BCUT2D eigenvalue weighted by molar-refractivity contribution is -0.154. The predicted molar refractivity (Wildman–Crippen MR) is 88.2 cm³/mol. The van der Waals surface area contributed by atoms with Crippen LogP contribution in [0.4, 0.5) is 0 Å². The van der Waals surface area contributed by atoms with Gasteiger partial charge in [-0.1, -0.05) is 20.4 Å². The Kier molecular flexibility index (Phi) is 4.09. The smallest absolute Gasteiger partial charge is 0.334 e. The fourth-order valence-electron chi connectivity index (χ4n) is 3.35. The minimum absolute atomic E-state index is 0.166. The molecular formula is C19H22O6. The third-order valence-electron chi connectivity index (χ3n) is 4.91. The molecule has 1 fully saturated rings. The van der Waals surface area contributed by atoms with Crippen LogP contribution in [0.1, 0.15) is 34.1 Å². The van der Waals surface area contributed by atoms with Gasteiger partial charge in [0.15, 0.2) is 5.60 Å². The summed E-state index contributed by atoms with van der Waals surface area (Å²) >= 11 is 0. The summed E-state index contributed by atoms with van der Waals surface area (Å²) in [5.41, 5.74) is -0.181. The summed E-state index contributed by atoms with van der Waals surface area (Å²) in [5.74, 6) is -1.47. The molecule has 0 aliphatic carbocycles. The van der Waals surface area contributed by atoms with Crippen LogP contribution in [0, 0.1) is 11.8 Å². The highest BCUT2D eigenvalue weighted by Gasteiger charge is 2.52. The van der Waals surface area contributed by atoms with Gasteiger partial charge in [-0.3, -0.25) is 9.59 Å². The van der Waals surface area contributed by atoms with E-state index in [1.807, 2.05) is 0 Å². The van der Waals surface area contributed by atoms with Crippen LogP contribution in [0.15, 0.2) is 35.6 Å². The largest absolute Gasteiger partial charge is 0.479 e. The van der Waals surface area contributed by atoms with Crippen molar-refractivity contribution < 1.29 is 28.6 Å². The van der Waals surface area contributed by atoms with E-state index in [1.165, 1.54) is 6.08 Å². The molecular weight excluding hydrogens is 324 g/mol. The number of esters is 2. The maximum absolute atomic E-state index is 12.4. The Morgan fingerprint density at radius 1 is 1.40 bits per heavy atom. The van der Waals surface area contributed by atoms with Gasteiger partial charge in [0.25, 0.3) is 0 Å². The standard InChI is InChI=1S/C19H22O6/c1-9(2)17(21)23-13-6-10(3)12-7-15(20)19(5,25-12)8-14-16(13)11(4)18(22)24-14/h6-7,9,13-14,16H,4,8H2,1-3,5H3/b10-6-/t13-,14-,16-,19+/m0/s1. The minimum Gasteiger partial charge on any atom is -0.479 e. The summed E-state index contributed by atoms with van der Waals surface area (Å²) < 4.78 is 16.9. The second-order valence-electron chi connectivity index (χ2n) is 7.31. The van der Waals surface area contributed by atoms with Gasteiger partial charge in [-0.15, -0.1) is 0 Å². The van der Waals surface area contributed by atoms with Crippen molar-refractivity contribution in [3.05, 3.63) is 35.6 Å². The molecule has 3 rings (SSSR count). The van der Waals surface area contributed by atoms with Crippen molar-refractivity contribution in [1.82, 2.24) is 0 Å². The van der Waals surface area contributed by atoms with Gasteiger partial charge in [-0.05, 0) is 25.5 Å². The molecule has 0 unspecified atom stereocenters. The summed E-state index contributed by atoms with van der Waals surface area (Å²) in [7, 11) is 0. The van der Waals surface area contributed by atoms with Gasteiger partial charge in [-0.25, -0.2) is 4.79 Å². The van der Waals surface area contributed by atoms with Gasteiger partial charge < -0.3 is 14.2 Å². The molecule has 6 heteroatoms. The van der Waals surface area contributed by atoms with E-state index in [9.17, 15) is 14.4 Å². The lowest BCUT2D eigenvalue weighted by atomic mass is 9.83. The SMILES string of the molecule is C=C1C(=O)O[C@H]2C[C@@]3(C)OC(=CC3=O)/C(C)=C\[C@H](OC(=O)C(C)C)[C@H]12. The number of hydrogen-bond donors (Lipinski definition) is 0.